The Hall–Kier alpha value is -0.870. The number of unbranched alkanes of at least 4 members (excludes halogenated alkanes) is 20. The average Bonchev–Trinajstić information content (AvgIpc) is 2.86. The first kappa shape index (κ1) is 34.1. The lowest BCUT2D eigenvalue weighted by molar-refractivity contribution is -0.123. The summed E-state index contributed by atoms with van der Waals surface area (Å²) in [5.41, 5.74) is 0. The third-order valence-corrected chi connectivity index (χ3v) is 7.02. The summed E-state index contributed by atoms with van der Waals surface area (Å²) in [6, 6.07) is -0.612. The van der Waals surface area contributed by atoms with Crippen LogP contribution in [0.5, 0.6) is 0 Å². The van der Waals surface area contributed by atoms with Crippen LogP contribution in [0.2, 0.25) is 0 Å². The van der Waals surface area contributed by atoms with Gasteiger partial charge in [-0.3, -0.25) is 4.79 Å². The first-order chi connectivity index (χ1) is 17.2. The van der Waals surface area contributed by atoms with E-state index in [-0.39, 0.29) is 12.5 Å². The largest absolute Gasteiger partial charge is 0.394 e. The molecule has 35 heavy (non-hydrogen) atoms. The van der Waals surface area contributed by atoms with Crippen LogP contribution < -0.4 is 5.32 Å². The van der Waals surface area contributed by atoms with Gasteiger partial charge in [0, 0.05) is 6.42 Å². The molecule has 0 aliphatic heterocycles. The van der Waals surface area contributed by atoms with Crippen LogP contribution in [0, 0.1) is 0 Å². The summed E-state index contributed by atoms with van der Waals surface area (Å²) in [6.07, 6.45) is 31.4. The molecule has 4 nitrogen and oxygen atoms in total. The molecule has 0 aliphatic carbocycles. The Morgan fingerprint density at radius 1 is 0.657 bits per heavy atom. The monoisotopic (exact) mass is 495 g/mol. The fraction of sp³-hybridized carbons (Fsp3) is 0.903. The van der Waals surface area contributed by atoms with Gasteiger partial charge in [-0.05, 0) is 19.3 Å². The minimum Gasteiger partial charge on any atom is -0.394 e. The van der Waals surface area contributed by atoms with E-state index >= 15 is 0 Å². The Morgan fingerprint density at radius 2 is 1.06 bits per heavy atom. The van der Waals surface area contributed by atoms with Gasteiger partial charge in [-0.2, -0.15) is 0 Å². The van der Waals surface area contributed by atoms with Crippen molar-refractivity contribution in [2.45, 2.75) is 174 Å². The zero-order valence-corrected chi connectivity index (χ0v) is 23.6. The van der Waals surface area contributed by atoms with Crippen LogP contribution in [0.15, 0.2) is 12.2 Å². The maximum absolute atomic E-state index is 12.2. The summed E-state index contributed by atoms with van der Waals surface area (Å²) in [7, 11) is 0. The van der Waals surface area contributed by atoms with Crippen LogP contribution >= 0.6 is 0 Å². The smallest absolute Gasteiger partial charge is 0.220 e. The van der Waals surface area contributed by atoms with Crippen LogP contribution in [0.4, 0.5) is 0 Å². The summed E-state index contributed by atoms with van der Waals surface area (Å²) in [5, 5.41) is 22.7. The lowest BCUT2D eigenvalue weighted by atomic mass is 10.0. The highest BCUT2D eigenvalue weighted by Crippen LogP contribution is 2.13. The van der Waals surface area contributed by atoms with E-state index in [0.29, 0.717) is 6.42 Å². The SMILES string of the molecule is CCCCCCCCCC/C=C/C(O)C(CO)NC(=O)CCCCCCCCCCCCCCC. The van der Waals surface area contributed by atoms with Crippen LogP contribution in [0.1, 0.15) is 162 Å². The molecule has 3 N–H and O–H groups in total. The van der Waals surface area contributed by atoms with Crippen LogP contribution in [0.3, 0.4) is 0 Å². The molecule has 0 aliphatic rings. The minimum atomic E-state index is -0.829. The van der Waals surface area contributed by atoms with Gasteiger partial charge in [0.2, 0.25) is 5.91 Å². The number of hydrogen-bond acceptors (Lipinski definition) is 3. The van der Waals surface area contributed by atoms with E-state index in [9.17, 15) is 15.0 Å². The van der Waals surface area contributed by atoms with E-state index in [2.05, 4.69) is 19.2 Å². The van der Waals surface area contributed by atoms with Crippen molar-refractivity contribution in [2.24, 2.45) is 0 Å². The maximum Gasteiger partial charge on any atom is 0.220 e. The Balaban J connectivity index is 3.65. The predicted octanol–water partition coefficient (Wildman–Crippen LogP) is 8.39. The number of rotatable bonds is 27. The average molecular weight is 496 g/mol. The highest BCUT2D eigenvalue weighted by Gasteiger charge is 2.17. The molecule has 0 aromatic heterocycles. The Labute approximate surface area is 218 Å². The van der Waals surface area contributed by atoms with E-state index in [0.717, 1.165) is 25.7 Å². The molecule has 0 aromatic rings. The lowest BCUT2D eigenvalue weighted by Gasteiger charge is -2.20. The normalized spacial score (nSPS) is 13.4. The molecule has 2 atom stereocenters. The van der Waals surface area contributed by atoms with Gasteiger partial charge in [-0.15, -0.1) is 0 Å². The van der Waals surface area contributed by atoms with Crippen LogP contribution in [-0.4, -0.2) is 34.9 Å². The quantitative estimate of drug-likeness (QED) is 0.0791. The minimum absolute atomic E-state index is 0.0670. The second-order valence-electron chi connectivity index (χ2n) is 10.5. The number of carbonyl (C=O) groups excluding carboxylic acids is 1. The number of hydrogen-bond donors (Lipinski definition) is 3. The number of amides is 1. The van der Waals surface area contributed by atoms with Gasteiger partial charge in [-0.1, -0.05) is 148 Å². The zero-order chi connectivity index (χ0) is 25.8. The summed E-state index contributed by atoms with van der Waals surface area (Å²) in [4.78, 5) is 12.2. The standard InChI is InChI=1S/C31H61NO3/c1-3-5-7-9-11-13-15-16-17-19-21-23-25-27-31(35)32-29(28-33)30(34)26-24-22-20-18-14-12-10-8-6-4-2/h24,26,29-30,33-34H,3-23,25,27-28H2,1-2H3,(H,32,35)/b26-24+. The Morgan fingerprint density at radius 3 is 1.49 bits per heavy atom. The van der Waals surface area contributed by atoms with Crippen molar-refractivity contribution >= 4 is 5.91 Å². The van der Waals surface area contributed by atoms with Crippen molar-refractivity contribution in [2.75, 3.05) is 6.61 Å². The number of aliphatic hydroxyl groups is 2. The van der Waals surface area contributed by atoms with Crippen molar-refractivity contribution in [1.82, 2.24) is 5.32 Å². The first-order valence-corrected chi connectivity index (χ1v) is 15.4. The zero-order valence-electron chi connectivity index (χ0n) is 23.6. The van der Waals surface area contributed by atoms with Crippen LogP contribution in [0.25, 0.3) is 0 Å². The molecule has 2 unspecified atom stereocenters. The summed E-state index contributed by atoms with van der Waals surface area (Å²) in [6.45, 7) is 4.27. The van der Waals surface area contributed by atoms with Crippen molar-refractivity contribution in [3.05, 3.63) is 12.2 Å². The molecule has 0 fully saturated rings. The Bertz CT molecular complexity index is 466. The van der Waals surface area contributed by atoms with E-state index in [1.54, 1.807) is 6.08 Å². The van der Waals surface area contributed by atoms with Crippen molar-refractivity contribution in [1.29, 1.82) is 0 Å². The fourth-order valence-electron chi connectivity index (χ4n) is 4.59. The molecular formula is C31H61NO3. The molecule has 0 aromatic carbocycles. The molecule has 1 amide bonds. The van der Waals surface area contributed by atoms with Gasteiger partial charge in [0.1, 0.15) is 0 Å². The van der Waals surface area contributed by atoms with Gasteiger partial charge in [0.05, 0.1) is 18.8 Å². The summed E-state index contributed by atoms with van der Waals surface area (Å²) >= 11 is 0. The second kappa shape index (κ2) is 27.7. The number of nitrogens with one attached hydrogen (secondary N) is 1. The van der Waals surface area contributed by atoms with E-state index in [1.165, 1.54) is 116 Å². The van der Waals surface area contributed by atoms with Crippen molar-refractivity contribution < 1.29 is 15.0 Å². The molecule has 0 rings (SSSR count). The second-order valence-corrected chi connectivity index (χ2v) is 10.5. The van der Waals surface area contributed by atoms with E-state index in [1.807, 2.05) is 6.08 Å². The molecule has 0 saturated heterocycles. The van der Waals surface area contributed by atoms with Gasteiger partial charge < -0.3 is 15.5 Å². The van der Waals surface area contributed by atoms with Crippen molar-refractivity contribution in [3.63, 3.8) is 0 Å². The number of carbonyl (C=O) groups is 1. The summed E-state index contributed by atoms with van der Waals surface area (Å²) in [5.74, 6) is -0.0670. The van der Waals surface area contributed by atoms with Gasteiger partial charge in [0.15, 0.2) is 0 Å². The molecule has 0 radical (unpaired) electrons. The fourth-order valence-corrected chi connectivity index (χ4v) is 4.59. The van der Waals surface area contributed by atoms with Gasteiger partial charge in [0.25, 0.3) is 0 Å². The third-order valence-electron chi connectivity index (χ3n) is 7.02. The Kier molecular flexibility index (Phi) is 27.0. The number of aliphatic hydroxyl groups excluding tert-OH is 2. The van der Waals surface area contributed by atoms with Gasteiger partial charge in [-0.25, -0.2) is 0 Å². The van der Waals surface area contributed by atoms with Crippen molar-refractivity contribution in [3.8, 4) is 0 Å². The third kappa shape index (κ3) is 24.6. The van der Waals surface area contributed by atoms with Crippen LogP contribution in [-0.2, 0) is 4.79 Å². The maximum atomic E-state index is 12.2. The molecule has 0 heterocycles. The number of allylic oxidation sites excluding steroid dienone is 1. The topological polar surface area (TPSA) is 69.6 Å². The summed E-state index contributed by atoms with van der Waals surface area (Å²) < 4.78 is 0. The lowest BCUT2D eigenvalue weighted by Crippen LogP contribution is -2.45. The predicted molar refractivity (Wildman–Crippen MR) is 152 cm³/mol. The molecule has 208 valence electrons. The first-order valence-electron chi connectivity index (χ1n) is 15.4. The van der Waals surface area contributed by atoms with E-state index in [4.69, 9.17) is 0 Å². The highest BCUT2D eigenvalue weighted by atomic mass is 16.3. The highest BCUT2D eigenvalue weighted by molar-refractivity contribution is 5.76. The molecule has 0 spiro atoms. The molecule has 4 heteroatoms. The molecule has 0 saturated carbocycles. The molecular weight excluding hydrogens is 434 g/mol. The molecule has 0 bridgehead atoms. The van der Waals surface area contributed by atoms with E-state index < -0.39 is 12.1 Å². The van der Waals surface area contributed by atoms with Gasteiger partial charge >= 0.3 is 0 Å².